The minimum absolute atomic E-state index is 0.0210. The molecule has 0 bridgehead atoms. The van der Waals surface area contributed by atoms with Gasteiger partial charge in [-0.2, -0.15) is 5.10 Å². The van der Waals surface area contributed by atoms with Crippen LogP contribution in [0.4, 0.5) is 0 Å². The number of nitrogens with zero attached hydrogens (tertiary/aromatic N) is 2. The lowest BCUT2D eigenvalue weighted by Crippen LogP contribution is -2.18. The van der Waals surface area contributed by atoms with E-state index < -0.39 is 5.97 Å². The Kier molecular flexibility index (Phi) is 3.22. The zero-order valence-electron chi connectivity index (χ0n) is 10.6. The highest BCUT2D eigenvalue weighted by Gasteiger charge is 2.45. The van der Waals surface area contributed by atoms with Crippen molar-refractivity contribution in [1.82, 2.24) is 9.78 Å². The van der Waals surface area contributed by atoms with Crippen molar-refractivity contribution in [2.45, 2.75) is 52.5 Å². The predicted octanol–water partition coefficient (Wildman–Crippen LogP) is 2.26. The molecular weight excluding hydrogens is 216 g/mol. The molecule has 1 aromatic heterocycles. The van der Waals surface area contributed by atoms with Gasteiger partial charge in [0.05, 0.1) is 12.1 Å². The predicted molar refractivity (Wildman–Crippen MR) is 64.9 cm³/mol. The third-order valence-electron chi connectivity index (χ3n) is 3.61. The second-order valence-electron chi connectivity index (χ2n) is 5.06. The van der Waals surface area contributed by atoms with Crippen LogP contribution in [0.2, 0.25) is 0 Å². The number of carboxylic acid groups (broad SMARTS) is 1. The minimum Gasteiger partial charge on any atom is -0.481 e. The Morgan fingerprint density at radius 1 is 1.47 bits per heavy atom. The van der Waals surface area contributed by atoms with Gasteiger partial charge < -0.3 is 5.11 Å². The van der Waals surface area contributed by atoms with Crippen LogP contribution in [-0.4, -0.2) is 20.9 Å². The van der Waals surface area contributed by atoms with Gasteiger partial charge in [-0.05, 0) is 31.7 Å². The van der Waals surface area contributed by atoms with Crippen molar-refractivity contribution >= 4 is 5.97 Å². The van der Waals surface area contributed by atoms with Crippen molar-refractivity contribution in [2.75, 3.05) is 0 Å². The first kappa shape index (κ1) is 12.1. The first-order valence-electron chi connectivity index (χ1n) is 6.36. The van der Waals surface area contributed by atoms with Crippen LogP contribution in [0.3, 0.4) is 0 Å². The lowest BCUT2D eigenvalue weighted by molar-refractivity contribution is -0.138. The van der Waals surface area contributed by atoms with Crippen molar-refractivity contribution < 1.29 is 9.90 Å². The van der Waals surface area contributed by atoms with E-state index >= 15 is 0 Å². The Morgan fingerprint density at radius 3 is 2.65 bits per heavy atom. The van der Waals surface area contributed by atoms with E-state index in [1.54, 1.807) is 0 Å². The smallest absolute Gasteiger partial charge is 0.303 e. The summed E-state index contributed by atoms with van der Waals surface area (Å²) in [7, 11) is 0. The van der Waals surface area contributed by atoms with Crippen molar-refractivity contribution in [3.8, 4) is 0 Å². The zero-order valence-corrected chi connectivity index (χ0v) is 10.6. The molecule has 1 aliphatic rings. The first-order chi connectivity index (χ1) is 8.08. The summed E-state index contributed by atoms with van der Waals surface area (Å²) in [5, 5.41) is 13.5. The van der Waals surface area contributed by atoms with Gasteiger partial charge in [0, 0.05) is 17.7 Å². The van der Waals surface area contributed by atoms with Crippen LogP contribution < -0.4 is 0 Å². The lowest BCUT2D eigenvalue weighted by Gasteiger charge is -2.14. The molecule has 4 heteroatoms. The Bertz CT molecular complexity index is 419. The number of carbonyl (C=O) groups is 1. The van der Waals surface area contributed by atoms with E-state index in [0.29, 0.717) is 0 Å². The van der Waals surface area contributed by atoms with E-state index in [-0.39, 0.29) is 11.8 Å². The normalized spacial score (nSPS) is 17.1. The molecule has 2 rings (SSSR count). The minimum atomic E-state index is -0.691. The second kappa shape index (κ2) is 4.51. The topological polar surface area (TPSA) is 55.1 Å². The summed E-state index contributed by atoms with van der Waals surface area (Å²) in [4.78, 5) is 10.8. The number of aromatic nitrogens is 2. The van der Waals surface area contributed by atoms with Crippen LogP contribution in [0.25, 0.3) is 0 Å². The molecule has 0 atom stereocenters. The van der Waals surface area contributed by atoms with E-state index in [0.717, 1.165) is 37.9 Å². The number of aliphatic carboxylic acids is 1. The molecule has 1 saturated carbocycles. The maximum Gasteiger partial charge on any atom is 0.303 e. The van der Waals surface area contributed by atoms with E-state index in [1.165, 1.54) is 5.69 Å². The summed E-state index contributed by atoms with van der Waals surface area (Å²) in [6.07, 6.45) is 4.20. The molecule has 1 heterocycles. The fraction of sp³-hybridized carbons (Fsp3) is 0.692. The summed E-state index contributed by atoms with van der Waals surface area (Å²) in [5.41, 5.74) is 2.30. The van der Waals surface area contributed by atoms with Crippen LogP contribution in [-0.2, 0) is 24.2 Å². The summed E-state index contributed by atoms with van der Waals surface area (Å²) < 4.78 is 2.02. The molecule has 4 nitrogen and oxygen atoms in total. The lowest BCUT2D eigenvalue weighted by atomic mass is 10.0. The number of hydrogen-bond donors (Lipinski definition) is 1. The number of aryl methyl sites for hydroxylation is 2. The second-order valence-corrected chi connectivity index (χ2v) is 5.06. The molecule has 1 N–H and O–H groups in total. The van der Waals surface area contributed by atoms with E-state index in [1.807, 2.05) is 4.68 Å². The van der Waals surface area contributed by atoms with Gasteiger partial charge in [-0.25, -0.2) is 0 Å². The van der Waals surface area contributed by atoms with Gasteiger partial charge in [-0.1, -0.05) is 13.8 Å². The third kappa shape index (κ3) is 2.68. The molecule has 1 fully saturated rings. The monoisotopic (exact) mass is 236 g/mol. The Hall–Kier alpha value is -1.32. The number of hydrogen-bond acceptors (Lipinski definition) is 2. The molecular formula is C13H20N2O2. The fourth-order valence-electron chi connectivity index (χ4n) is 2.32. The Labute approximate surface area is 102 Å². The molecule has 17 heavy (non-hydrogen) atoms. The summed E-state index contributed by atoms with van der Waals surface area (Å²) in [6.45, 7) is 4.97. The molecule has 0 aliphatic heterocycles. The van der Waals surface area contributed by atoms with Crippen LogP contribution in [0.1, 0.15) is 44.5 Å². The van der Waals surface area contributed by atoms with Gasteiger partial charge in [-0.15, -0.1) is 0 Å². The highest BCUT2D eigenvalue weighted by Crippen LogP contribution is 2.50. The highest BCUT2D eigenvalue weighted by atomic mass is 16.4. The standard InChI is InChI=1S/C13H20N2O2/c1-3-10-7-11(4-2)15(14-10)9-13(5-6-13)8-12(16)17/h7H,3-6,8-9H2,1-2H3,(H,16,17). The quantitative estimate of drug-likeness (QED) is 0.824. The number of rotatable bonds is 6. The van der Waals surface area contributed by atoms with Crippen molar-refractivity contribution in [1.29, 1.82) is 0 Å². The van der Waals surface area contributed by atoms with E-state index in [9.17, 15) is 4.79 Å². The van der Waals surface area contributed by atoms with Crippen LogP contribution in [0.5, 0.6) is 0 Å². The molecule has 0 amide bonds. The maximum absolute atomic E-state index is 10.8. The Balaban J connectivity index is 2.12. The molecule has 0 saturated heterocycles. The van der Waals surface area contributed by atoms with Crippen molar-refractivity contribution in [3.63, 3.8) is 0 Å². The van der Waals surface area contributed by atoms with Crippen molar-refractivity contribution in [2.24, 2.45) is 5.41 Å². The summed E-state index contributed by atoms with van der Waals surface area (Å²) in [6, 6.07) is 2.14. The number of carboxylic acids is 1. The fourth-order valence-corrected chi connectivity index (χ4v) is 2.32. The van der Waals surface area contributed by atoms with Crippen LogP contribution in [0.15, 0.2) is 6.07 Å². The molecule has 1 aromatic rings. The maximum atomic E-state index is 10.8. The Morgan fingerprint density at radius 2 is 2.18 bits per heavy atom. The van der Waals surface area contributed by atoms with Crippen LogP contribution in [0, 0.1) is 5.41 Å². The van der Waals surface area contributed by atoms with Gasteiger partial charge in [-0.3, -0.25) is 9.48 Å². The zero-order chi connectivity index (χ0) is 12.5. The highest BCUT2D eigenvalue weighted by molar-refractivity contribution is 5.68. The molecule has 0 aromatic carbocycles. The average molecular weight is 236 g/mol. The molecule has 0 spiro atoms. The van der Waals surface area contributed by atoms with Gasteiger partial charge in [0.2, 0.25) is 0 Å². The van der Waals surface area contributed by atoms with E-state index in [4.69, 9.17) is 5.11 Å². The van der Waals surface area contributed by atoms with Gasteiger partial charge in [0.25, 0.3) is 0 Å². The van der Waals surface area contributed by atoms with Gasteiger partial charge >= 0.3 is 5.97 Å². The van der Waals surface area contributed by atoms with E-state index in [2.05, 4.69) is 25.0 Å². The molecule has 0 radical (unpaired) electrons. The largest absolute Gasteiger partial charge is 0.481 e. The molecule has 0 unspecified atom stereocenters. The molecule has 1 aliphatic carbocycles. The first-order valence-corrected chi connectivity index (χ1v) is 6.36. The summed E-state index contributed by atoms with van der Waals surface area (Å²) in [5.74, 6) is -0.691. The van der Waals surface area contributed by atoms with Gasteiger partial charge in [0.15, 0.2) is 0 Å². The summed E-state index contributed by atoms with van der Waals surface area (Å²) >= 11 is 0. The SMILES string of the molecule is CCc1cc(CC)n(CC2(CC(=O)O)CC2)n1. The third-order valence-corrected chi connectivity index (χ3v) is 3.61. The van der Waals surface area contributed by atoms with Crippen LogP contribution >= 0.6 is 0 Å². The average Bonchev–Trinajstić information content (AvgIpc) is 2.90. The van der Waals surface area contributed by atoms with Gasteiger partial charge in [0.1, 0.15) is 0 Å². The molecule has 94 valence electrons. The van der Waals surface area contributed by atoms with Crippen molar-refractivity contribution in [3.05, 3.63) is 17.5 Å².